The second kappa shape index (κ2) is 7.58. The number of furan rings is 1. The van der Waals surface area contributed by atoms with Gasteiger partial charge in [-0.15, -0.1) is 0 Å². The van der Waals surface area contributed by atoms with Crippen molar-refractivity contribution in [3.8, 4) is 22.6 Å². The van der Waals surface area contributed by atoms with Crippen LogP contribution in [0.5, 0.6) is 11.5 Å². The SMILES string of the molecule is O=C1N(Cc2ccc(C(F)(F)F)o2)c2cccc(-c3cncnc3)c2C12COc1cc3c(cc12)CCO3. The van der Waals surface area contributed by atoms with Gasteiger partial charge in [-0.05, 0) is 35.4 Å². The monoisotopic (exact) mass is 505 g/mol. The molecule has 186 valence electrons. The van der Waals surface area contributed by atoms with E-state index in [0.29, 0.717) is 41.2 Å². The van der Waals surface area contributed by atoms with Gasteiger partial charge in [-0.1, -0.05) is 12.1 Å². The number of ether oxygens (including phenoxy) is 2. The lowest BCUT2D eigenvalue weighted by atomic mass is 9.74. The van der Waals surface area contributed by atoms with Crippen molar-refractivity contribution >= 4 is 11.6 Å². The van der Waals surface area contributed by atoms with E-state index in [1.165, 1.54) is 17.3 Å². The molecule has 0 fully saturated rings. The molecule has 0 N–H and O–H groups in total. The van der Waals surface area contributed by atoms with E-state index >= 15 is 0 Å². The number of hydrogen-bond donors (Lipinski definition) is 0. The Morgan fingerprint density at radius 3 is 2.65 bits per heavy atom. The number of nitrogens with zero attached hydrogens (tertiary/aromatic N) is 3. The third-order valence-corrected chi connectivity index (χ3v) is 7.19. The van der Waals surface area contributed by atoms with Crippen LogP contribution in [0.15, 0.2) is 65.6 Å². The van der Waals surface area contributed by atoms with Gasteiger partial charge in [0.15, 0.2) is 0 Å². The lowest BCUT2D eigenvalue weighted by Crippen LogP contribution is -2.42. The Balaban J connectivity index is 1.43. The summed E-state index contributed by atoms with van der Waals surface area (Å²) in [4.78, 5) is 24.1. The van der Waals surface area contributed by atoms with Crippen molar-refractivity contribution in [3.05, 3.63) is 89.4 Å². The average Bonchev–Trinajstić information content (AvgIpc) is 3.67. The molecule has 5 heterocycles. The minimum Gasteiger partial charge on any atom is -0.493 e. The maximum atomic E-state index is 14.4. The van der Waals surface area contributed by atoms with E-state index in [1.54, 1.807) is 24.5 Å². The first-order chi connectivity index (χ1) is 17.9. The molecule has 0 saturated heterocycles. The largest absolute Gasteiger partial charge is 0.493 e. The lowest BCUT2D eigenvalue weighted by molar-refractivity contribution is -0.153. The molecule has 0 bridgehead atoms. The zero-order valence-electron chi connectivity index (χ0n) is 19.2. The molecule has 4 aromatic rings. The van der Waals surface area contributed by atoms with Gasteiger partial charge in [0.2, 0.25) is 11.7 Å². The first-order valence-electron chi connectivity index (χ1n) is 11.7. The number of fused-ring (bicyclic) bond motifs is 5. The minimum absolute atomic E-state index is 0.0265. The maximum absolute atomic E-state index is 14.4. The summed E-state index contributed by atoms with van der Waals surface area (Å²) in [6.45, 7) is 0.431. The van der Waals surface area contributed by atoms with Crippen LogP contribution in [0.2, 0.25) is 0 Å². The Bertz CT molecular complexity index is 1570. The summed E-state index contributed by atoms with van der Waals surface area (Å²) in [5.74, 6) is -0.0889. The minimum atomic E-state index is -4.62. The van der Waals surface area contributed by atoms with Crippen LogP contribution in [-0.2, 0) is 29.4 Å². The fraction of sp³-hybridized carbons (Fsp3) is 0.222. The molecule has 1 atom stereocenters. The number of rotatable bonds is 3. The normalized spacial score (nSPS) is 19.5. The summed E-state index contributed by atoms with van der Waals surface area (Å²) >= 11 is 0. The molecule has 2 aromatic heterocycles. The van der Waals surface area contributed by atoms with Crippen LogP contribution in [-0.4, -0.2) is 29.1 Å². The predicted molar refractivity (Wildman–Crippen MR) is 124 cm³/mol. The molecule has 3 aliphatic heterocycles. The highest BCUT2D eigenvalue weighted by atomic mass is 19.4. The standard InChI is InChI=1S/C27H18F3N3O4/c28-27(29,30)23-5-4-17(37-23)12-33-20-3-1-2-18(16-10-31-14-32-11-16)24(20)26(25(33)34)13-36-22-9-21-15(6-7-35-21)8-19(22)26/h1-5,8-11,14H,6-7,12-13H2. The molecular formula is C27H18F3N3O4. The van der Waals surface area contributed by atoms with E-state index < -0.39 is 17.4 Å². The highest BCUT2D eigenvalue weighted by Crippen LogP contribution is 2.56. The molecule has 0 aliphatic carbocycles. The van der Waals surface area contributed by atoms with E-state index in [1.807, 2.05) is 18.2 Å². The third kappa shape index (κ3) is 3.11. The maximum Gasteiger partial charge on any atom is 0.449 e. The van der Waals surface area contributed by atoms with Crippen molar-refractivity contribution in [2.45, 2.75) is 24.6 Å². The molecule has 2 aromatic carbocycles. The fourth-order valence-corrected chi connectivity index (χ4v) is 5.57. The number of hydrogen-bond acceptors (Lipinski definition) is 6. The summed E-state index contributed by atoms with van der Waals surface area (Å²) in [5, 5.41) is 0. The van der Waals surface area contributed by atoms with Gasteiger partial charge in [-0.3, -0.25) is 4.79 Å². The number of benzene rings is 2. The summed E-state index contributed by atoms with van der Waals surface area (Å²) in [5.41, 5.74) is 3.23. The van der Waals surface area contributed by atoms with Crippen LogP contribution < -0.4 is 14.4 Å². The lowest BCUT2D eigenvalue weighted by Gasteiger charge is -2.24. The Morgan fingerprint density at radius 1 is 1.03 bits per heavy atom. The second-order valence-corrected chi connectivity index (χ2v) is 9.23. The molecule has 1 amide bonds. The van der Waals surface area contributed by atoms with Crippen LogP contribution in [0.4, 0.5) is 18.9 Å². The third-order valence-electron chi connectivity index (χ3n) is 7.19. The molecule has 0 saturated carbocycles. The molecule has 1 unspecified atom stereocenters. The van der Waals surface area contributed by atoms with Gasteiger partial charge in [0.05, 0.1) is 13.2 Å². The fourth-order valence-electron chi connectivity index (χ4n) is 5.57. The number of alkyl halides is 3. The van der Waals surface area contributed by atoms with Crippen molar-refractivity contribution in [2.75, 3.05) is 18.1 Å². The Labute approximate surface area is 208 Å². The van der Waals surface area contributed by atoms with Crippen molar-refractivity contribution in [1.82, 2.24) is 9.97 Å². The summed E-state index contributed by atoms with van der Waals surface area (Å²) < 4.78 is 56.4. The summed E-state index contributed by atoms with van der Waals surface area (Å²) in [6, 6.07) is 11.4. The predicted octanol–water partition coefficient (Wildman–Crippen LogP) is 4.92. The Hall–Kier alpha value is -4.34. The molecule has 37 heavy (non-hydrogen) atoms. The van der Waals surface area contributed by atoms with E-state index in [0.717, 1.165) is 22.9 Å². The van der Waals surface area contributed by atoms with Crippen molar-refractivity contribution in [2.24, 2.45) is 0 Å². The zero-order valence-corrected chi connectivity index (χ0v) is 19.2. The number of aromatic nitrogens is 2. The molecule has 7 nitrogen and oxygen atoms in total. The first-order valence-corrected chi connectivity index (χ1v) is 11.7. The van der Waals surface area contributed by atoms with Gasteiger partial charge in [-0.25, -0.2) is 9.97 Å². The van der Waals surface area contributed by atoms with E-state index in [-0.39, 0.29) is 24.8 Å². The zero-order chi connectivity index (χ0) is 25.4. The average molecular weight is 505 g/mol. The smallest absolute Gasteiger partial charge is 0.449 e. The molecule has 3 aliphatic rings. The first kappa shape index (κ1) is 21.9. The molecule has 1 spiro atoms. The number of carbonyl (C=O) groups is 1. The Kier molecular flexibility index (Phi) is 4.49. The molecule has 7 rings (SSSR count). The molecular weight excluding hydrogens is 487 g/mol. The van der Waals surface area contributed by atoms with Crippen LogP contribution >= 0.6 is 0 Å². The number of anilines is 1. The van der Waals surface area contributed by atoms with E-state index in [2.05, 4.69) is 9.97 Å². The highest BCUT2D eigenvalue weighted by Gasteiger charge is 2.58. The van der Waals surface area contributed by atoms with Gasteiger partial charge in [0.25, 0.3) is 0 Å². The van der Waals surface area contributed by atoms with Crippen LogP contribution in [0.3, 0.4) is 0 Å². The Morgan fingerprint density at radius 2 is 1.86 bits per heavy atom. The van der Waals surface area contributed by atoms with Crippen LogP contribution in [0, 0.1) is 0 Å². The quantitative estimate of drug-likeness (QED) is 0.394. The van der Waals surface area contributed by atoms with E-state index in [9.17, 15) is 18.0 Å². The van der Waals surface area contributed by atoms with Gasteiger partial charge in [0.1, 0.15) is 35.6 Å². The van der Waals surface area contributed by atoms with Gasteiger partial charge in [0, 0.05) is 47.3 Å². The van der Waals surface area contributed by atoms with Crippen molar-refractivity contribution in [1.29, 1.82) is 0 Å². The molecule has 0 radical (unpaired) electrons. The number of halogens is 3. The number of carbonyl (C=O) groups excluding carboxylic acids is 1. The van der Waals surface area contributed by atoms with E-state index in [4.69, 9.17) is 13.9 Å². The number of amides is 1. The van der Waals surface area contributed by atoms with Gasteiger partial charge in [-0.2, -0.15) is 13.2 Å². The second-order valence-electron chi connectivity index (χ2n) is 9.23. The van der Waals surface area contributed by atoms with Crippen LogP contribution in [0.25, 0.3) is 11.1 Å². The summed E-state index contributed by atoms with van der Waals surface area (Å²) in [7, 11) is 0. The topological polar surface area (TPSA) is 77.7 Å². The van der Waals surface area contributed by atoms with Crippen LogP contribution in [0.1, 0.15) is 28.2 Å². The van der Waals surface area contributed by atoms with Gasteiger partial charge < -0.3 is 18.8 Å². The summed E-state index contributed by atoms with van der Waals surface area (Å²) in [6.07, 6.45) is 0.849. The van der Waals surface area contributed by atoms with Crippen molar-refractivity contribution < 1.29 is 31.9 Å². The highest BCUT2D eigenvalue weighted by molar-refractivity contribution is 6.13. The van der Waals surface area contributed by atoms with Crippen molar-refractivity contribution in [3.63, 3.8) is 0 Å². The molecule has 10 heteroatoms. The van der Waals surface area contributed by atoms with Gasteiger partial charge >= 0.3 is 6.18 Å².